The summed E-state index contributed by atoms with van der Waals surface area (Å²) in [5.74, 6) is 1.14. The van der Waals surface area contributed by atoms with Crippen LogP contribution in [0.3, 0.4) is 0 Å². The van der Waals surface area contributed by atoms with E-state index in [1.54, 1.807) is 0 Å². The molecule has 0 bridgehead atoms. The second kappa shape index (κ2) is 5.57. The molecule has 2 aromatic rings. The van der Waals surface area contributed by atoms with Crippen molar-refractivity contribution in [3.8, 4) is 0 Å². The minimum atomic E-state index is 0.775. The summed E-state index contributed by atoms with van der Waals surface area (Å²) in [6, 6.07) is 9.67. The molecular weight excluding hydrogens is 234 g/mol. The van der Waals surface area contributed by atoms with Gasteiger partial charge in [-0.05, 0) is 30.9 Å². The Labute approximate surface area is 114 Å². The molecule has 0 atom stereocenters. The lowest BCUT2D eigenvalue weighted by molar-refractivity contribution is 0.687. The molecule has 3 nitrogen and oxygen atoms in total. The van der Waals surface area contributed by atoms with Crippen LogP contribution in [0.4, 0.5) is 0 Å². The van der Waals surface area contributed by atoms with Gasteiger partial charge in [-0.1, -0.05) is 24.3 Å². The smallest absolute Gasteiger partial charge is 0.113 e. The molecule has 0 spiro atoms. The predicted octanol–water partition coefficient (Wildman–Crippen LogP) is 2.75. The van der Waals surface area contributed by atoms with Crippen molar-refractivity contribution in [3.05, 3.63) is 53.6 Å². The van der Waals surface area contributed by atoms with E-state index >= 15 is 0 Å². The van der Waals surface area contributed by atoms with Gasteiger partial charge < -0.3 is 9.88 Å². The van der Waals surface area contributed by atoms with Gasteiger partial charge in [0.1, 0.15) is 5.82 Å². The number of aryl methyl sites for hydroxylation is 1. The van der Waals surface area contributed by atoms with Gasteiger partial charge in [0.25, 0.3) is 0 Å². The van der Waals surface area contributed by atoms with E-state index in [2.05, 4.69) is 46.1 Å². The topological polar surface area (TPSA) is 29.9 Å². The highest BCUT2D eigenvalue weighted by molar-refractivity contribution is 5.25. The predicted molar refractivity (Wildman–Crippen MR) is 77.0 cm³/mol. The van der Waals surface area contributed by atoms with Gasteiger partial charge in [-0.3, -0.25) is 0 Å². The van der Waals surface area contributed by atoms with Crippen LogP contribution < -0.4 is 5.32 Å². The van der Waals surface area contributed by atoms with Gasteiger partial charge in [-0.15, -0.1) is 0 Å². The molecule has 1 aromatic carbocycles. The molecule has 1 heterocycles. The van der Waals surface area contributed by atoms with E-state index in [4.69, 9.17) is 0 Å². The van der Waals surface area contributed by atoms with Crippen molar-refractivity contribution >= 4 is 0 Å². The second-order valence-electron chi connectivity index (χ2n) is 5.28. The molecular formula is C16H21N3. The van der Waals surface area contributed by atoms with Crippen LogP contribution in [0, 0.1) is 0 Å². The number of rotatable bonds is 6. The summed E-state index contributed by atoms with van der Waals surface area (Å²) >= 11 is 0. The molecule has 3 rings (SSSR count). The Balaban J connectivity index is 1.61. The van der Waals surface area contributed by atoms with Crippen LogP contribution in [0.2, 0.25) is 0 Å². The Morgan fingerprint density at radius 1 is 1.21 bits per heavy atom. The molecule has 19 heavy (non-hydrogen) atoms. The Hall–Kier alpha value is -1.61. The van der Waals surface area contributed by atoms with Crippen molar-refractivity contribution in [2.24, 2.45) is 0 Å². The van der Waals surface area contributed by atoms with Crippen molar-refractivity contribution in [3.63, 3.8) is 0 Å². The average Bonchev–Trinajstić information content (AvgIpc) is 3.17. The first kappa shape index (κ1) is 12.4. The van der Waals surface area contributed by atoms with Crippen molar-refractivity contribution in [1.82, 2.24) is 14.9 Å². The zero-order chi connectivity index (χ0) is 13.1. The van der Waals surface area contributed by atoms with Crippen LogP contribution in [0.5, 0.6) is 0 Å². The zero-order valence-corrected chi connectivity index (χ0v) is 11.5. The highest BCUT2D eigenvalue weighted by Gasteiger charge is 2.19. The lowest BCUT2D eigenvalue weighted by Crippen LogP contribution is -2.15. The fraction of sp³-hybridized carbons (Fsp3) is 0.438. The maximum atomic E-state index is 4.42. The van der Waals surface area contributed by atoms with Crippen molar-refractivity contribution < 1.29 is 0 Å². The van der Waals surface area contributed by atoms with E-state index in [-0.39, 0.29) is 0 Å². The molecule has 0 saturated heterocycles. The summed E-state index contributed by atoms with van der Waals surface area (Å²) in [5, 5.41) is 3.54. The van der Waals surface area contributed by atoms with Gasteiger partial charge in [0.05, 0.1) is 0 Å². The molecule has 1 aromatic heterocycles. The van der Waals surface area contributed by atoms with Crippen molar-refractivity contribution in [2.45, 2.75) is 45.3 Å². The first-order valence-electron chi connectivity index (χ1n) is 7.16. The molecule has 1 N–H and O–H groups in total. The summed E-state index contributed by atoms with van der Waals surface area (Å²) in [7, 11) is 0. The molecule has 1 aliphatic carbocycles. The third-order valence-electron chi connectivity index (χ3n) is 3.70. The highest BCUT2D eigenvalue weighted by Crippen LogP contribution is 2.19. The number of imidazole rings is 1. The summed E-state index contributed by atoms with van der Waals surface area (Å²) < 4.78 is 2.20. The second-order valence-corrected chi connectivity index (χ2v) is 5.28. The minimum Gasteiger partial charge on any atom is -0.335 e. The number of hydrogen-bond donors (Lipinski definition) is 1. The fourth-order valence-corrected chi connectivity index (χ4v) is 2.30. The summed E-state index contributed by atoms with van der Waals surface area (Å²) in [5.41, 5.74) is 2.70. The maximum Gasteiger partial charge on any atom is 0.113 e. The van der Waals surface area contributed by atoms with Crippen molar-refractivity contribution in [2.75, 3.05) is 0 Å². The average molecular weight is 255 g/mol. The van der Waals surface area contributed by atoms with Gasteiger partial charge >= 0.3 is 0 Å². The van der Waals surface area contributed by atoms with Crippen LogP contribution in [-0.4, -0.2) is 15.6 Å². The third-order valence-corrected chi connectivity index (χ3v) is 3.70. The monoisotopic (exact) mass is 255 g/mol. The third kappa shape index (κ3) is 3.24. The Kier molecular flexibility index (Phi) is 3.65. The first-order chi connectivity index (χ1) is 9.35. The molecule has 0 unspecified atom stereocenters. The lowest BCUT2D eigenvalue weighted by Gasteiger charge is -2.07. The molecule has 1 fully saturated rings. The number of hydrogen-bond acceptors (Lipinski definition) is 2. The van der Waals surface area contributed by atoms with E-state index in [0.29, 0.717) is 0 Å². The molecule has 3 heteroatoms. The Morgan fingerprint density at radius 3 is 2.63 bits per heavy atom. The highest BCUT2D eigenvalue weighted by atomic mass is 15.0. The maximum absolute atomic E-state index is 4.42. The number of aromatic nitrogens is 2. The first-order valence-corrected chi connectivity index (χ1v) is 7.16. The van der Waals surface area contributed by atoms with Crippen LogP contribution in [0.15, 0.2) is 36.7 Å². The molecule has 1 saturated carbocycles. The lowest BCUT2D eigenvalue weighted by atomic mass is 10.1. The Morgan fingerprint density at radius 2 is 1.95 bits per heavy atom. The number of nitrogens with zero attached hydrogens (tertiary/aromatic N) is 2. The fourth-order valence-electron chi connectivity index (χ4n) is 2.30. The SMILES string of the molecule is CCn1ccnc1Cc1ccc(CNC2CC2)cc1. The Bertz CT molecular complexity index is 523. The van der Waals surface area contributed by atoms with Crippen LogP contribution in [0.25, 0.3) is 0 Å². The molecule has 0 radical (unpaired) electrons. The van der Waals surface area contributed by atoms with E-state index < -0.39 is 0 Å². The van der Waals surface area contributed by atoms with Crippen LogP contribution in [-0.2, 0) is 19.5 Å². The zero-order valence-electron chi connectivity index (χ0n) is 11.5. The van der Waals surface area contributed by atoms with E-state index in [1.807, 2.05) is 12.4 Å². The van der Waals surface area contributed by atoms with E-state index in [9.17, 15) is 0 Å². The van der Waals surface area contributed by atoms with Crippen LogP contribution in [0.1, 0.15) is 36.7 Å². The van der Waals surface area contributed by atoms with Gasteiger partial charge in [-0.2, -0.15) is 0 Å². The summed E-state index contributed by atoms with van der Waals surface area (Å²) in [6.07, 6.45) is 7.53. The quantitative estimate of drug-likeness (QED) is 0.860. The molecule has 0 aliphatic heterocycles. The van der Waals surface area contributed by atoms with Gasteiger partial charge in [0, 0.05) is 37.9 Å². The van der Waals surface area contributed by atoms with Gasteiger partial charge in [-0.25, -0.2) is 4.98 Å². The summed E-state index contributed by atoms with van der Waals surface area (Å²) in [6.45, 7) is 4.13. The molecule has 100 valence electrons. The van der Waals surface area contributed by atoms with Crippen LogP contribution >= 0.6 is 0 Å². The minimum absolute atomic E-state index is 0.775. The van der Waals surface area contributed by atoms with Gasteiger partial charge in [0.15, 0.2) is 0 Å². The normalized spacial score (nSPS) is 14.8. The number of nitrogens with one attached hydrogen (secondary N) is 1. The van der Waals surface area contributed by atoms with Gasteiger partial charge in [0.2, 0.25) is 0 Å². The van der Waals surface area contributed by atoms with E-state index in [1.165, 1.54) is 24.0 Å². The summed E-state index contributed by atoms with van der Waals surface area (Å²) in [4.78, 5) is 4.42. The standard InChI is InChI=1S/C16H21N3/c1-2-19-10-9-17-16(19)11-13-3-5-14(6-4-13)12-18-15-7-8-15/h3-6,9-10,15,18H,2,7-8,11-12H2,1H3. The number of benzene rings is 1. The molecule has 1 aliphatic rings. The van der Waals surface area contributed by atoms with E-state index in [0.717, 1.165) is 31.4 Å². The molecule has 0 amide bonds. The largest absolute Gasteiger partial charge is 0.335 e. The van der Waals surface area contributed by atoms with Crippen molar-refractivity contribution in [1.29, 1.82) is 0 Å².